The van der Waals surface area contributed by atoms with E-state index in [9.17, 15) is 0 Å². The summed E-state index contributed by atoms with van der Waals surface area (Å²) in [4.78, 5) is 0. The monoisotopic (exact) mass is 453 g/mol. The predicted molar refractivity (Wildman–Crippen MR) is 130 cm³/mol. The molecule has 0 spiro atoms. The summed E-state index contributed by atoms with van der Waals surface area (Å²) in [5.41, 5.74) is 8.94. The van der Waals surface area contributed by atoms with Gasteiger partial charge in [0.05, 0.1) is 12.8 Å². The van der Waals surface area contributed by atoms with Crippen LogP contribution in [0.4, 0.5) is 0 Å². The van der Waals surface area contributed by atoms with Crippen LogP contribution in [0.5, 0.6) is 11.5 Å². The van der Waals surface area contributed by atoms with E-state index in [1.807, 2.05) is 67.6 Å². The number of nitrogens with zero attached hydrogens (tertiary/aromatic N) is 2. The molecule has 3 aromatic rings. The Morgan fingerprint density at radius 1 is 0.968 bits per heavy atom. The van der Waals surface area contributed by atoms with Gasteiger partial charge < -0.3 is 15.2 Å². The van der Waals surface area contributed by atoms with Gasteiger partial charge in [-0.25, -0.2) is 0 Å². The highest BCUT2D eigenvalue weighted by Gasteiger charge is 2.07. The largest absolute Gasteiger partial charge is 0.490 e. The number of nitrogens with two attached hydrogens (primary N) is 1. The van der Waals surface area contributed by atoms with Gasteiger partial charge in [-0.15, -0.1) is 5.10 Å². The maximum absolute atomic E-state index is 6.03. The van der Waals surface area contributed by atoms with E-state index in [0.29, 0.717) is 34.9 Å². The second kappa shape index (κ2) is 12.0. The second-order valence-corrected chi connectivity index (χ2v) is 7.95. The topological polar surface area (TPSA) is 69.2 Å². The van der Waals surface area contributed by atoms with Crippen molar-refractivity contribution in [2.75, 3.05) is 6.61 Å². The molecule has 0 saturated heterocycles. The minimum absolute atomic E-state index is 0.396. The first-order chi connectivity index (χ1) is 15.1. The van der Waals surface area contributed by atoms with Crippen molar-refractivity contribution in [3.63, 3.8) is 0 Å². The number of hydrogen-bond acceptors (Lipinski definition) is 5. The molecule has 0 aliphatic rings. The van der Waals surface area contributed by atoms with Crippen LogP contribution in [0.15, 0.2) is 83.0 Å². The summed E-state index contributed by atoms with van der Waals surface area (Å²) in [5, 5.41) is 9.24. The summed E-state index contributed by atoms with van der Waals surface area (Å²) in [6, 6.07) is 23.3. The summed E-state index contributed by atoms with van der Waals surface area (Å²) < 4.78 is 11.7. The van der Waals surface area contributed by atoms with E-state index in [2.05, 4.69) is 22.3 Å². The normalized spacial score (nSPS) is 11.6. The maximum Gasteiger partial charge on any atom is 0.180 e. The fourth-order valence-corrected chi connectivity index (χ4v) is 3.52. The molecule has 0 unspecified atom stereocenters. The van der Waals surface area contributed by atoms with E-state index in [1.165, 1.54) is 17.3 Å². The quantitative estimate of drug-likeness (QED) is 0.249. The average molecular weight is 454 g/mol. The summed E-state index contributed by atoms with van der Waals surface area (Å²) in [6.07, 6.45) is 1.64. The van der Waals surface area contributed by atoms with Gasteiger partial charge in [-0.05, 0) is 53.9 Å². The standard InChI is InChI=1S/C24H24ClN3O2S/c1-2-29-23-14-19(11-12-22(23)30-16-20-9-6-10-21(25)13-20)15-27-28-24(26)31-17-18-7-4-3-5-8-18/h3-15H,2,16-17H2,1H3,(H2,26,28). The van der Waals surface area contributed by atoms with Crippen molar-refractivity contribution in [3.8, 4) is 11.5 Å². The van der Waals surface area contributed by atoms with Gasteiger partial charge in [0, 0.05) is 10.8 Å². The molecule has 0 heterocycles. The van der Waals surface area contributed by atoms with Crippen molar-refractivity contribution in [3.05, 3.63) is 94.5 Å². The van der Waals surface area contributed by atoms with Crippen LogP contribution in [0, 0.1) is 0 Å². The Hall–Kier alpha value is -2.96. The minimum atomic E-state index is 0.396. The number of benzene rings is 3. The highest BCUT2D eigenvalue weighted by atomic mass is 35.5. The van der Waals surface area contributed by atoms with Crippen LogP contribution < -0.4 is 15.2 Å². The molecular formula is C24H24ClN3O2S. The first-order valence-corrected chi connectivity index (χ1v) is 11.2. The molecule has 0 amide bonds. The fourth-order valence-electron chi connectivity index (χ4n) is 2.69. The highest BCUT2D eigenvalue weighted by Crippen LogP contribution is 2.29. The average Bonchev–Trinajstić information content (AvgIpc) is 2.78. The number of hydrogen-bond donors (Lipinski definition) is 1. The van der Waals surface area contributed by atoms with Gasteiger partial charge in [-0.1, -0.05) is 65.8 Å². The predicted octanol–water partition coefficient (Wildman–Crippen LogP) is 5.90. The van der Waals surface area contributed by atoms with E-state index >= 15 is 0 Å². The Kier molecular flexibility index (Phi) is 8.82. The van der Waals surface area contributed by atoms with Gasteiger partial charge in [0.2, 0.25) is 0 Å². The molecule has 31 heavy (non-hydrogen) atoms. The molecular weight excluding hydrogens is 430 g/mol. The summed E-state index contributed by atoms with van der Waals surface area (Å²) >= 11 is 7.48. The number of halogens is 1. The first kappa shape index (κ1) is 22.7. The van der Waals surface area contributed by atoms with Crippen LogP contribution in [0.2, 0.25) is 5.02 Å². The van der Waals surface area contributed by atoms with E-state index in [1.54, 1.807) is 6.21 Å². The summed E-state index contributed by atoms with van der Waals surface area (Å²) in [7, 11) is 0. The van der Waals surface area contributed by atoms with E-state index in [-0.39, 0.29) is 0 Å². The molecule has 0 atom stereocenters. The van der Waals surface area contributed by atoms with Crippen LogP contribution in [0.1, 0.15) is 23.6 Å². The lowest BCUT2D eigenvalue weighted by Gasteiger charge is -2.12. The third kappa shape index (κ3) is 7.66. The van der Waals surface area contributed by atoms with Crippen molar-refractivity contribution in [2.24, 2.45) is 15.9 Å². The number of amidine groups is 1. The number of ether oxygens (including phenoxy) is 2. The van der Waals surface area contributed by atoms with E-state index in [0.717, 1.165) is 16.9 Å². The SMILES string of the molecule is CCOc1cc(C=NN=C(N)SCc2ccccc2)ccc1OCc1cccc(Cl)c1. The number of rotatable bonds is 9. The second-order valence-electron chi connectivity index (χ2n) is 6.51. The molecule has 7 heteroatoms. The number of thioether (sulfide) groups is 1. The Bertz CT molecular complexity index is 1040. The van der Waals surface area contributed by atoms with E-state index in [4.69, 9.17) is 26.8 Å². The molecule has 2 N–H and O–H groups in total. The van der Waals surface area contributed by atoms with Gasteiger partial charge in [0.25, 0.3) is 0 Å². The molecule has 0 fully saturated rings. The Morgan fingerprint density at radius 3 is 2.55 bits per heavy atom. The van der Waals surface area contributed by atoms with Crippen molar-refractivity contribution < 1.29 is 9.47 Å². The van der Waals surface area contributed by atoms with E-state index < -0.39 is 0 Å². The van der Waals surface area contributed by atoms with Crippen LogP contribution >= 0.6 is 23.4 Å². The molecule has 0 bridgehead atoms. The molecule has 160 valence electrons. The lowest BCUT2D eigenvalue weighted by atomic mass is 10.2. The van der Waals surface area contributed by atoms with Crippen LogP contribution in [-0.4, -0.2) is 18.0 Å². The summed E-state index contributed by atoms with van der Waals surface area (Å²) in [6.45, 7) is 2.85. The zero-order chi connectivity index (χ0) is 21.9. The van der Waals surface area contributed by atoms with Crippen molar-refractivity contribution in [1.29, 1.82) is 0 Å². The van der Waals surface area contributed by atoms with Crippen LogP contribution in [-0.2, 0) is 12.4 Å². The van der Waals surface area contributed by atoms with Gasteiger partial charge in [0.1, 0.15) is 6.61 Å². The van der Waals surface area contributed by atoms with Crippen molar-refractivity contribution in [1.82, 2.24) is 0 Å². The Labute approximate surface area is 191 Å². The Morgan fingerprint density at radius 2 is 1.77 bits per heavy atom. The molecule has 0 aliphatic carbocycles. The molecule has 0 aliphatic heterocycles. The molecule has 3 aromatic carbocycles. The minimum Gasteiger partial charge on any atom is -0.490 e. The van der Waals surface area contributed by atoms with Crippen LogP contribution in [0.3, 0.4) is 0 Å². The third-order valence-electron chi connectivity index (χ3n) is 4.14. The first-order valence-electron chi connectivity index (χ1n) is 9.81. The van der Waals surface area contributed by atoms with Gasteiger partial charge in [-0.2, -0.15) is 5.10 Å². The third-order valence-corrected chi connectivity index (χ3v) is 5.23. The molecule has 3 rings (SSSR count). The fraction of sp³-hybridized carbons (Fsp3) is 0.167. The molecule has 0 saturated carbocycles. The van der Waals surface area contributed by atoms with Gasteiger partial charge in [0.15, 0.2) is 16.7 Å². The highest BCUT2D eigenvalue weighted by molar-refractivity contribution is 8.13. The molecule has 0 aromatic heterocycles. The summed E-state index contributed by atoms with van der Waals surface area (Å²) in [5.74, 6) is 2.04. The smallest absolute Gasteiger partial charge is 0.180 e. The molecule has 0 radical (unpaired) electrons. The lowest BCUT2D eigenvalue weighted by Crippen LogP contribution is -2.06. The van der Waals surface area contributed by atoms with Crippen LogP contribution in [0.25, 0.3) is 0 Å². The van der Waals surface area contributed by atoms with Gasteiger partial charge >= 0.3 is 0 Å². The zero-order valence-electron chi connectivity index (χ0n) is 17.2. The Balaban J connectivity index is 1.61. The maximum atomic E-state index is 6.03. The lowest BCUT2D eigenvalue weighted by molar-refractivity contribution is 0.269. The van der Waals surface area contributed by atoms with Crippen molar-refractivity contribution >= 4 is 34.7 Å². The molecule has 5 nitrogen and oxygen atoms in total. The zero-order valence-corrected chi connectivity index (χ0v) is 18.8. The van der Waals surface area contributed by atoms with Gasteiger partial charge in [-0.3, -0.25) is 0 Å². The van der Waals surface area contributed by atoms with Crippen molar-refractivity contribution in [2.45, 2.75) is 19.3 Å².